The summed E-state index contributed by atoms with van der Waals surface area (Å²) in [6.45, 7) is 2.11. The molecule has 0 spiro atoms. The van der Waals surface area contributed by atoms with E-state index in [0.717, 1.165) is 30.9 Å². The molecule has 16 heavy (non-hydrogen) atoms. The maximum atomic E-state index is 6.17. The minimum absolute atomic E-state index is 0.532. The normalized spacial score (nSPS) is 16.6. The molecule has 2 aromatic rings. The van der Waals surface area contributed by atoms with E-state index in [1.807, 2.05) is 22.6 Å². The second-order valence-corrected chi connectivity index (χ2v) is 4.86. The van der Waals surface area contributed by atoms with Crippen LogP contribution in [-0.4, -0.2) is 22.5 Å². The van der Waals surface area contributed by atoms with Crippen LogP contribution < -0.4 is 5.32 Å². The Balaban J connectivity index is 2.09. The van der Waals surface area contributed by atoms with Gasteiger partial charge in [0.2, 0.25) is 0 Å². The van der Waals surface area contributed by atoms with Crippen LogP contribution in [0.15, 0.2) is 18.2 Å². The number of rotatable bonds is 2. The van der Waals surface area contributed by atoms with Gasteiger partial charge >= 0.3 is 0 Å². The average molecular weight is 256 g/mol. The van der Waals surface area contributed by atoms with Crippen LogP contribution in [-0.2, 0) is 6.42 Å². The van der Waals surface area contributed by atoms with Gasteiger partial charge in [-0.25, -0.2) is 4.98 Å². The first kappa shape index (κ1) is 10.4. The van der Waals surface area contributed by atoms with Gasteiger partial charge in [0, 0.05) is 6.42 Å². The highest BCUT2D eigenvalue weighted by Gasteiger charge is 2.21. The molecule has 0 aromatic carbocycles. The Labute approximate surface area is 103 Å². The topological polar surface area (TPSA) is 29.3 Å². The third-order valence-corrected chi connectivity index (χ3v) is 3.55. The predicted octanol–water partition coefficient (Wildman–Crippen LogP) is 2.40. The van der Waals surface area contributed by atoms with Crippen LogP contribution in [0.25, 0.3) is 5.52 Å². The van der Waals surface area contributed by atoms with Crippen molar-refractivity contribution in [2.75, 3.05) is 13.1 Å². The van der Waals surface area contributed by atoms with Crippen LogP contribution in [0.5, 0.6) is 0 Å². The largest absolute Gasteiger partial charge is 0.316 e. The number of halogens is 2. The van der Waals surface area contributed by atoms with Crippen LogP contribution in [0.3, 0.4) is 0 Å². The lowest BCUT2D eigenvalue weighted by Crippen LogP contribution is -2.43. The molecule has 0 bridgehead atoms. The van der Waals surface area contributed by atoms with Crippen LogP contribution in [0.2, 0.25) is 10.3 Å². The van der Waals surface area contributed by atoms with E-state index in [1.54, 1.807) is 0 Å². The summed E-state index contributed by atoms with van der Waals surface area (Å²) >= 11 is 12.3. The summed E-state index contributed by atoms with van der Waals surface area (Å²) in [4.78, 5) is 4.39. The third kappa shape index (κ3) is 1.59. The quantitative estimate of drug-likeness (QED) is 0.836. The summed E-state index contributed by atoms with van der Waals surface area (Å²) in [5.41, 5.74) is 0.886. The van der Waals surface area contributed by atoms with Gasteiger partial charge < -0.3 is 5.32 Å². The van der Waals surface area contributed by atoms with Gasteiger partial charge in [0.05, 0.1) is 5.52 Å². The molecule has 1 fully saturated rings. The van der Waals surface area contributed by atoms with E-state index in [0.29, 0.717) is 16.2 Å². The molecule has 84 valence electrons. The van der Waals surface area contributed by atoms with Crippen molar-refractivity contribution in [2.24, 2.45) is 5.92 Å². The number of fused-ring (bicyclic) bond motifs is 1. The Morgan fingerprint density at radius 1 is 1.38 bits per heavy atom. The fraction of sp³-hybridized carbons (Fsp3) is 0.364. The lowest BCUT2D eigenvalue weighted by atomic mass is 9.99. The summed E-state index contributed by atoms with van der Waals surface area (Å²) in [5, 5.41) is 4.45. The molecule has 0 saturated carbocycles. The fourth-order valence-electron chi connectivity index (χ4n) is 2.01. The molecule has 3 rings (SSSR count). The van der Waals surface area contributed by atoms with Crippen molar-refractivity contribution in [2.45, 2.75) is 6.42 Å². The number of nitrogens with zero attached hydrogens (tertiary/aromatic N) is 2. The average Bonchev–Trinajstić information content (AvgIpc) is 2.52. The van der Waals surface area contributed by atoms with E-state index >= 15 is 0 Å². The van der Waals surface area contributed by atoms with Gasteiger partial charge in [-0.05, 0) is 31.1 Å². The van der Waals surface area contributed by atoms with Crippen LogP contribution in [0.4, 0.5) is 0 Å². The maximum absolute atomic E-state index is 6.17. The maximum Gasteiger partial charge on any atom is 0.155 e. The Bertz CT molecular complexity index is 531. The number of aromatic nitrogens is 2. The molecule has 2 aromatic heterocycles. The van der Waals surface area contributed by atoms with E-state index < -0.39 is 0 Å². The fourth-order valence-corrected chi connectivity index (χ4v) is 2.52. The van der Waals surface area contributed by atoms with E-state index in [9.17, 15) is 0 Å². The first-order valence-corrected chi connectivity index (χ1v) is 6.03. The van der Waals surface area contributed by atoms with Gasteiger partial charge in [-0.1, -0.05) is 29.3 Å². The summed E-state index contributed by atoms with van der Waals surface area (Å²) in [7, 11) is 0. The van der Waals surface area contributed by atoms with Gasteiger partial charge in [-0.2, -0.15) is 0 Å². The molecule has 0 unspecified atom stereocenters. The summed E-state index contributed by atoms with van der Waals surface area (Å²) in [6, 6.07) is 5.68. The van der Waals surface area contributed by atoms with Crippen LogP contribution in [0.1, 0.15) is 5.82 Å². The van der Waals surface area contributed by atoms with E-state index in [-0.39, 0.29) is 0 Å². The Morgan fingerprint density at radius 3 is 2.88 bits per heavy atom. The van der Waals surface area contributed by atoms with Gasteiger partial charge in [-0.3, -0.25) is 4.40 Å². The number of pyridine rings is 1. The monoisotopic (exact) mass is 255 g/mol. The first-order valence-electron chi connectivity index (χ1n) is 5.28. The number of imidazole rings is 1. The van der Waals surface area contributed by atoms with Crippen molar-refractivity contribution >= 4 is 28.7 Å². The highest BCUT2D eigenvalue weighted by molar-refractivity contribution is 6.33. The molecular weight excluding hydrogens is 245 g/mol. The summed E-state index contributed by atoms with van der Waals surface area (Å²) < 4.78 is 1.93. The molecule has 5 heteroatoms. The first-order chi connectivity index (χ1) is 7.75. The minimum Gasteiger partial charge on any atom is -0.316 e. The molecule has 0 radical (unpaired) electrons. The predicted molar refractivity (Wildman–Crippen MR) is 65.3 cm³/mol. The molecule has 1 aliphatic rings. The zero-order chi connectivity index (χ0) is 11.1. The lowest BCUT2D eigenvalue weighted by molar-refractivity contribution is 0.341. The van der Waals surface area contributed by atoms with Gasteiger partial charge in [0.15, 0.2) is 5.15 Å². The molecule has 3 heterocycles. The van der Waals surface area contributed by atoms with Crippen molar-refractivity contribution in [1.29, 1.82) is 0 Å². The van der Waals surface area contributed by atoms with Crippen molar-refractivity contribution < 1.29 is 0 Å². The zero-order valence-corrected chi connectivity index (χ0v) is 10.1. The highest BCUT2D eigenvalue weighted by Crippen LogP contribution is 2.24. The second-order valence-electron chi connectivity index (χ2n) is 4.12. The Morgan fingerprint density at radius 2 is 2.19 bits per heavy atom. The van der Waals surface area contributed by atoms with Crippen molar-refractivity contribution in [3.05, 3.63) is 34.3 Å². The minimum atomic E-state index is 0.532. The van der Waals surface area contributed by atoms with Gasteiger partial charge in [0.25, 0.3) is 0 Å². The SMILES string of the molecule is Clc1nc(CC2CNC2)n2c(Cl)cccc12. The van der Waals surface area contributed by atoms with Crippen molar-refractivity contribution in [3.63, 3.8) is 0 Å². The van der Waals surface area contributed by atoms with Crippen LogP contribution >= 0.6 is 23.2 Å². The standard InChI is InChI=1S/C11H11Cl2N3/c12-9-3-1-2-8-11(13)15-10(16(8)9)4-7-5-14-6-7/h1-3,7,14H,4-6H2. The molecule has 1 saturated heterocycles. The van der Waals surface area contributed by atoms with E-state index in [2.05, 4.69) is 10.3 Å². The molecule has 0 atom stereocenters. The third-order valence-electron chi connectivity index (χ3n) is 2.98. The van der Waals surface area contributed by atoms with Crippen molar-refractivity contribution in [1.82, 2.24) is 14.7 Å². The molecule has 0 amide bonds. The summed E-state index contributed by atoms with van der Waals surface area (Å²) in [5.74, 6) is 1.61. The molecular formula is C11H11Cl2N3. The van der Waals surface area contributed by atoms with Crippen LogP contribution in [0, 0.1) is 5.92 Å². The number of hydrogen-bond donors (Lipinski definition) is 1. The number of hydrogen-bond acceptors (Lipinski definition) is 2. The van der Waals surface area contributed by atoms with E-state index in [1.165, 1.54) is 0 Å². The van der Waals surface area contributed by atoms with Gasteiger partial charge in [0.1, 0.15) is 11.0 Å². The second kappa shape index (κ2) is 3.91. The zero-order valence-electron chi connectivity index (χ0n) is 8.58. The van der Waals surface area contributed by atoms with Crippen molar-refractivity contribution in [3.8, 4) is 0 Å². The number of nitrogens with one attached hydrogen (secondary N) is 1. The smallest absolute Gasteiger partial charge is 0.155 e. The Hall–Kier alpha value is -0.770. The Kier molecular flexibility index (Phi) is 2.54. The lowest BCUT2D eigenvalue weighted by Gasteiger charge is -2.26. The molecule has 0 aliphatic carbocycles. The summed E-state index contributed by atoms with van der Waals surface area (Å²) in [6.07, 6.45) is 0.921. The molecule has 3 nitrogen and oxygen atoms in total. The highest BCUT2D eigenvalue weighted by atomic mass is 35.5. The molecule has 1 N–H and O–H groups in total. The molecule has 1 aliphatic heterocycles. The van der Waals surface area contributed by atoms with Gasteiger partial charge in [-0.15, -0.1) is 0 Å². The van der Waals surface area contributed by atoms with E-state index in [4.69, 9.17) is 23.2 Å².